The smallest absolute Gasteiger partial charge is 0.340 e. The number of ether oxygens (including phenoxy) is 2. The lowest BCUT2D eigenvalue weighted by atomic mass is 10.1. The number of carboxylic acid groups (broad SMARTS) is 1. The fraction of sp³-hybridized carbons (Fsp3) is 0.286. The van der Waals surface area contributed by atoms with Crippen molar-refractivity contribution >= 4 is 16.9 Å². The number of benzene rings is 1. The molecule has 1 aromatic heterocycles. The van der Waals surface area contributed by atoms with Crippen LogP contribution in [0.5, 0.6) is 5.75 Å². The SMILES string of the molecule is COCC(O)COc1cnc2ccccc2c1C(=O)O. The molecule has 0 aliphatic rings. The van der Waals surface area contributed by atoms with E-state index in [4.69, 9.17) is 9.47 Å². The van der Waals surface area contributed by atoms with Gasteiger partial charge >= 0.3 is 5.97 Å². The van der Waals surface area contributed by atoms with E-state index in [1.54, 1.807) is 24.3 Å². The molecule has 0 aliphatic heterocycles. The van der Waals surface area contributed by atoms with Gasteiger partial charge in [-0.15, -0.1) is 0 Å². The molecular weight excluding hydrogens is 262 g/mol. The Hall–Kier alpha value is -2.18. The fourth-order valence-electron chi connectivity index (χ4n) is 1.88. The average molecular weight is 277 g/mol. The summed E-state index contributed by atoms with van der Waals surface area (Å²) in [7, 11) is 1.46. The molecule has 6 heteroatoms. The first-order valence-electron chi connectivity index (χ1n) is 6.04. The largest absolute Gasteiger partial charge is 0.488 e. The van der Waals surface area contributed by atoms with E-state index < -0.39 is 12.1 Å². The first-order valence-corrected chi connectivity index (χ1v) is 6.04. The molecule has 1 aromatic carbocycles. The molecule has 0 saturated heterocycles. The van der Waals surface area contributed by atoms with E-state index >= 15 is 0 Å². The molecule has 1 atom stereocenters. The van der Waals surface area contributed by atoms with Crippen molar-refractivity contribution < 1.29 is 24.5 Å². The van der Waals surface area contributed by atoms with Crippen LogP contribution in [-0.4, -0.2) is 47.6 Å². The lowest BCUT2D eigenvalue weighted by molar-refractivity contribution is 0.0319. The minimum atomic E-state index is -1.10. The van der Waals surface area contributed by atoms with E-state index in [2.05, 4.69) is 4.98 Å². The number of aromatic nitrogens is 1. The third-order valence-corrected chi connectivity index (χ3v) is 2.74. The van der Waals surface area contributed by atoms with Crippen LogP contribution in [0, 0.1) is 0 Å². The van der Waals surface area contributed by atoms with Gasteiger partial charge in [0.15, 0.2) is 5.75 Å². The number of methoxy groups -OCH3 is 1. The van der Waals surface area contributed by atoms with Gasteiger partial charge in [-0.3, -0.25) is 4.98 Å². The van der Waals surface area contributed by atoms with E-state index in [0.717, 1.165) is 0 Å². The van der Waals surface area contributed by atoms with Crippen LogP contribution in [0.25, 0.3) is 10.9 Å². The number of hydrogen-bond acceptors (Lipinski definition) is 5. The van der Waals surface area contributed by atoms with E-state index in [-0.39, 0.29) is 24.5 Å². The quantitative estimate of drug-likeness (QED) is 0.827. The molecule has 0 fully saturated rings. The molecule has 0 amide bonds. The highest BCUT2D eigenvalue weighted by Gasteiger charge is 2.17. The molecule has 2 aromatic rings. The Bertz CT molecular complexity index is 614. The highest BCUT2D eigenvalue weighted by molar-refractivity contribution is 6.04. The molecule has 20 heavy (non-hydrogen) atoms. The van der Waals surface area contributed by atoms with Crippen molar-refractivity contribution in [3.8, 4) is 5.75 Å². The first-order chi connectivity index (χ1) is 9.63. The number of carbonyl (C=O) groups is 1. The highest BCUT2D eigenvalue weighted by atomic mass is 16.5. The van der Waals surface area contributed by atoms with Crippen LogP contribution in [-0.2, 0) is 4.74 Å². The number of fused-ring (bicyclic) bond motifs is 1. The Kier molecular flexibility index (Phi) is 4.49. The third-order valence-electron chi connectivity index (χ3n) is 2.74. The summed E-state index contributed by atoms with van der Waals surface area (Å²) in [5.41, 5.74) is 0.620. The van der Waals surface area contributed by atoms with Gasteiger partial charge in [-0.2, -0.15) is 0 Å². The molecule has 2 N–H and O–H groups in total. The summed E-state index contributed by atoms with van der Waals surface area (Å²) < 4.78 is 10.1. The second kappa shape index (κ2) is 6.31. The molecule has 6 nitrogen and oxygen atoms in total. The third kappa shape index (κ3) is 3.04. The maximum absolute atomic E-state index is 11.4. The number of para-hydroxylation sites is 1. The maximum Gasteiger partial charge on any atom is 0.340 e. The van der Waals surface area contributed by atoms with Crippen LogP contribution >= 0.6 is 0 Å². The second-order valence-electron chi connectivity index (χ2n) is 4.24. The lowest BCUT2D eigenvalue weighted by Gasteiger charge is -2.13. The van der Waals surface area contributed by atoms with Crippen LogP contribution in [0.1, 0.15) is 10.4 Å². The zero-order valence-electron chi connectivity index (χ0n) is 10.9. The summed E-state index contributed by atoms with van der Waals surface area (Å²) in [5.74, 6) is -0.966. The van der Waals surface area contributed by atoms with Crippen LogP contribution in [0.4, 0.5) is 0 Å². The van der Waals surface area contributed by atoms with Gasteiger partial charge in [0.2, 0.25) is 0 Å². The zero-order valence-corrected chi connectivity index (χ0v) is 10.9. The lowest BCUT2D eigenvalue weighted by Crippen LogP contribution is -2.23. The topological polar surface area (TPSA) is 88.9 Å². The molecule has 2 rings (SSSR count). The second-order valence-corrected chi connectivity index (χ2v) is 4.24. The van der Waals surface area contributed by atoms with Crippen LogP contribution < -0.4 is 4.74 Å². The maximum atomic E-state index is 11.4. The summed E-state index contributed by atoms with van der Waals surface area (Å²) in [5, 5.41) is 19.4. The zero-order chi connectivity index (χ0) is 14.5. The molecule has 1 heterocycles. The van der Waals surface area contributed by atoms with Gasteiger partial charge in [-0.1, -0.05) is 18.2 Å². The molecule has 0 aliphatic carbocycles. The number of pyridine rings is 1. The summed E-state index contributed by atoms with van der Waals surface area (Å²) in [4.78, 5) is 15.6. The molecule has 1 unspecified atom stereocenters. The van der Waals surface area contributed by atoms with Gasteiger partial charge in [0.25, 0.3) is 0 Å². The minimum Gasteiger partial charge on any atom is -0.488 e. The van der Waals surface area contributed by atoms with Crippen molar-refractivity contribution in [1.29, 1.82) is 0 Å². The van der Waals surface area contributed by atoms with E-state index in [9.17, 15) is 15.0 Å². The molecule has 0 radical (unpaired) electrons. The molecule has 106 valence electrons. The number of aliphatic hydroxyl groups is 1. The van der Waals surface area contributed by atoms with Crippen molar-refractivity contribution in [3.05, 3.63) is 36.0 Å². The molecule has 0 bridgehead atoms. The fourth-order valence-corrected chi connectivity index (χ4v) is 1.88. The average Bonchev–Trinajstić information content (AvgIpc) is 2.44. The van der Waals surface area contributed by atoms with Gasteiger partial charge in [-0.25, -0.2) is 4.79 Å². The Labute approximate surface area is 115 Å². The van der Waals surface area contributed by atoms with Gasteiger partial charge < -0.3 is 19.7 Å². The normalized spacial score (nSPS) is 12.3. The highest BCUT2D eigenvalue weighted by Crippen LogP contribution is 2.26. The summed E-state index contributed by atoms with van der Waals surface area (Å²) in [6.07, 6.45) is 0.527. The number of rotatable bonds is 6. The Balaban J connectivity index is 2.33. The van der Waals surface area contributed by atoms with Crippen molar-refractivity contribution in [3.63, 3.8) is 0 Å². The standard InChI is InChI=1S/C14H15NO5/c1-19-7-9(16)8-20-12-6-15-11-5-3-2-4-10(11)13(12)14(17)18/h2-6,9,16H,7-8H2,1H3,(H,17,18). The monoisotopic (exact) mass is 277 g/mol. The predicted octanol–water partition coefficient (Wildman–Crippen LogP) is 1.32. The van der Waals surface area contributed by atoms with Gasteiger partial charge in [-0.05, 0) is 6.07 Å². The predicted molar refractivity (Wildman–Crippen MR) is 72.1 cm³/mol. The van der Waals surface area contributed by atoms with Crippen molar-refractivity contribution in [2.24, 2.45) is 0 Å². The minimum absolute atomic E-state index is 0.0419. The Morgan fingerprint density at radius 2 is 2.10 bits per heavy atom. The number of aromatic carboxylic acids is 1. The van der Waals surface area contributed by atoms with Crippen molar-refractivity contribution in [2.75, 3.05) is 20.3 Å². The van der Waals surface area contributed by atoms with E-state index in [1.165, 1.54) is 13.3 Å². The van der Waals surface area contributed by atoms with Crippen molar-refractivity contribution in [2.45, 2.75) is 6.10 Å². The van der Waals surface area contributed by atoms with E-state index in [1.807, 2.05) is 0 Å². The summed E-state index contributed by atoms with van der Waals surface area (Å²) in [6.45, 7) is 0.0531. The Morgan fingerprint density at radius 3 is 2.80 bits per heavy atom. The van der Waals surface area contributed by atoms with Gasteiger partial charge in [0, 0.05) is 12.5 Å². The number of hydrogen-bond donors (Lipinski definition) is 2. The van der Waals surface area contributed by atoms with Crippen LogP contribution in [0.15, 0.2) is 30.5 Å². The Morgan fingerprint density at radius 1 is 1.35 bits per heavy atom. The summed E-state index contributed by atoms with van der Waals surface area (Å²) >= 11 is 0. The molecule has 0 spiro atoms. The van der Waals surface area contributed by atoms with Crippen LogP contribution in [0.2, 0.25) is 0 Å². The summed E-state index contributed by atoms with van der Waals surface area (Å²) in [6, 6.07) is 6.92. The molecule has 0 saturated carbocycles. The van der Waals surface area contributed by atoms with Gasteiger partial charge in [0.05, 0.1) is 18.3 Å². The van der Waals surface area contributed by atoms with E-state index in [0.29, 0.717) is 10.9 Å². The van der Waals surface area contributed by atoms with Crippen molar-refractivity contribution in [1.82, 2.24) is 4.98 Å². The molecular formula is C14H15NO5. The number of carboxylic acids is 1. The number of nitrogens with zero attached hydrogens (tertiary/aromatic N) is 1. The van der Waals surface area contributed by atoms with Gasteiger partial charge in [0.1, 0.15) is 18.3 Å². The number of aliphatic hydroxyl groups excluding tert-OH is 1. The van der Waals surface area contributed by atoms with Crippen LogP contribution in [0.3, 0.4) is 0 Å². The first kappa shape index (κ1) is 14.2.